The van der Waals surface area contributed by atoms with Crippen molar-refractivity contribution in [2.24, 2.45) is 0 Å². The largest absolute Gasteiger partial charge is 0.493 e. The topological polar surface area (TPSA) is 79.8 Å². The Labute approximate surface area is 173 Å². The third kappa shape index (κ3) is 4.09. The Morgan fingerprint density at radius 3 is 2.60 bits per heavy atom. The highest BCUT2D eigenvalue weighted by Gasteiger charge is 2.44. The van der Waals surface area contributed by atoms with Crippen molar-refractivity contribution in [1.82, 2.24) is 9.97 Å². The normalized spacial score (nSPS) is 23.5. The van der Waals surface area contributed by atoms with Crippen LogP contribution < -0.4 is 9.47 Å². The zero-order chi connectivity index (χ0) is 21.5. The number of nitrogens with zero attached hydrogens (tertiary/aromatic N) is 2. The van der Waals surface area contributed by atoms with Gasteiger partial charge in [0.05, 0.1) is 32.6 Å². The standard InChI is InChI=1S/C19H17F3N2O5S/c1-26-12-4-3-9(5-13(12)27-2)10-6-16(19(20,21)22)24-18(23-10)30-15-7-11(25)17-28-8-14(15)29-17/h3-6,14-15,17H,7-8H2,1-2H3/t14-,15-,17+/m1/s1. The van der Waals surface area contributed by atoms with Crippen LogP contribution in [0.4, 0.5) is 13.2 Å². The molecular formula is C19H17F3N2O5S. The van der Waals surface area contributed by atoms with Crippen LogP contribution >= 0.6 is 11.8 Å². The lowest BCUT2D eigenvalue weighted by Crippen LogP contribution is -2.37. The lowest BCUT2D eigenvalue weighted by molar-refractivity contribution is -0.151. The fourth-order valence-electron chi connectivity index (χ4n) is 3.23. The first-order valence-corrected chi connectivity index (χ1v) is 9.81. The van der Waals surface area contributed by atoms with Gasteiger partial charge in [-0.3, -0.25) is 4.79 Å². The molecule has 1 aromatic carbocycles. The number of rotatable bonds is 5. The van der Waals surface area contributed by atoms with Gasteiger partial charge in [-0.05, 0) is 24.3 Å². The molecule has 0 amide bonds. The maximum absolute atomic E-state index is 13.5. The second-order valence-corrected chi connectivity index (χ2v) is 7.86. The molecular weight excluding hydrogens is 425 g/mol. The summed E-state index contributed by atoms with van der Waals surface area (Å²) in [4.78, 5) is 20.0. The minimum Gasteiger partial charge on any atom is -0.493 e. The smallest absolute Gasteiger partial charge is 0.433 e. The van der Waals surface area contributed by atoms with Gasteiger partial charge in [0.1, 0.15) is 5.69 Å². The predicted molar refractivity (Wildman–Crippen MR) is 99.5 cm³/mol. The molecule has 11 heteroatoms. The Kier molecular flexibility index (Phi) is 5.60. The van der Waals surface area contributed by atoms with Gasteiger partial charge in [-0.15, -0.1) is 0 Å². The number of hydrogen-bond donors (Lipinski definition) is 0. The quantitative estimate of drug-likeness (QED) is 0.653. The number of halogens is 3. The molecule has 0 radical (unpaired) electrons. The summed E-state index contributed by atoms with van der Waals surface area (Å²) in [6, 6.07) is 5.59. The first-order chi connectivity index (χ1) is 14.3. The summed E-state index contributed by atoms with van der Waals surface area (Å²) < 4.78 is 61.5. The average Bonchev–Trinajstić information content (AvgIpc) is 3.17. The molecule has 0 aliphatic carbocycles. The molecule has 0 saturated carbocycles. The maximum atomic E-state index is 13.5. The van der Waals surface area contributed by atoms with Gasteiger partial charge < -0.3 is 18.9 Å². The van der Waals surface area contributed by atoms with Crippen LogP contribution in [0.15, 0.2) is 29.4 Å². The number of alkyl halides is 3. The number of benzene rings is 1. The molecule has 4 rings (SSSR count). The molecule has 7 nitrogen and oxygen atoms in total. The molecule has 1 aromatic heterocycles. The first-order valence-electron chi connectivity index (χ1n) is 8.93. The minimum atomic E-state index is -4.66. The molecule has 2 saturated heterocycles. The molecule has 2 aromatic rings. The number of fused-ring (bicyclic) bond motifs is 2. The summed E-state index contributed by atoms with van der Waals surface area (Å²) in [5, 5.41) is -0.528. The SMILES string of the molecule is COc1ccc(-c2cc(C(F)(F)F)nc(S[C@@H]3CC(=O)[C@H]4OC[C@H]3O4)n2)cc1OC. The highest BCUT2D eigenvalue weighted by Crippen LogP contribution is 2.39. The van der Waals surface area contributed by atoms with Crippen LogP contribution in [0, 0.1) is 0 Å². The second kappa shape index (κ2) is 8.05. The minimum absolute atomic E-state index is 0.0735. The van der Waals surface area contributed by atoms with Crippen molar-refractivity contribution in [3.05, 3.63) is 30.0 Å². The molecule has 160 valence electrons. The zero-order valence-electron chi connectivity index (χ0n) is 15.9. The fourth-order valence-corrected chi connectivity index (χ4v) is 4.34. The lowest BCUT2D eigenvalue weighted by atomic mass is 10.1. The number of carbonyl (C=O) groups excluding carboxylic acids is 1. The maximum Gasteiger partial charge on any atom is 0.433 e. The van der Waals surface area contributed by atoms with Crippen LogP contribution in [0.3, 0.4) is 0 Å². The molecule has 0 N–H and O–H groups in total. The van der Waals surface area contributed by atoms with E-state index in [1.54, 1.807) is 18.2 Å². The van der Waals surface area contributed by atoms with Gasteiger partial charge in [-0.25, -0.2) is 9.97 Å². The number of ketones is 1. The van der Waals surface area contributed by atoms with Gasteiger partial charge in [0, 0.05) is 17.2 Å². The van der Waals surface area contributed by atoms with Crippen molar-refractivity contribution in [3.8, 4) is 22.8 Å². The number of Topliss-reactive ketones (excluding diaryl/α,β-unsaturated/α-hetero) is 1. The summed E-state index contributed by atoms with van der Waals surface area (Å²) in [7, 11) is 2.89. The number of ether oxygens (including phenoxy) is 4. The predicted octanol–water partition coefficient (Wildman–Crippen LogP) is 3.35. The highest BCUT2D eigenvalue weighted by atomic mass is 32.2. The van der Waals surface area contributed by atoms with Gasteiger partial charge in [0.2, 0.25) is 6.29 Å². The van der Waals surface area contributed by atoms with Gasteiger partial charge in [0.15, 0.2) is 22.4 Å². The first kappa shape index (κ1) is 20.9. The van der Waals surface area contributed by atoms with Crippen LogP contribution in [0.2, 0.25) is 0 Å². The Hall–Kier alpha value is -2.37. The lowest BCUT2D eigenvalue weighted by Gasteiger charge is -2.25. The molecule has 2 bridgehead atoms. The summed E-state index contributed by atoms with van der Waals surface area (Å²) in [5.74, 6) is 0.555. The van der Waals surface area contributed by atoms with Gasteiger partial charge in [-0.1, -0.05) is 11.8 Å². The molecule has 2 aliphatic rings. The van der Waals surface area contributed by atoms with Crippen molar-refractivity contribution < 1.29 is 36.9 Å². The van der Waals surface area contributed by atoms with E-state index in [1.807, 2.05) is 0 Å². The van der Waals surface area contributed by atoms with Crippen molar-refractivity contribution in [1.29, 1.82) is 0 Å². The van der Waals surface area contributed by atoms with E-state index < -0.39 is 29.5 Å². The highest BCUT2D eigenvalue weighted by molar-refractivity contribution is 7.99. The fraction of sp³-hybridized carbons (Fsp3) is 0.421. The molecule has 2 aliphatic heterocycles. The number of methoxy groups -OCH3 is 2. The Morgan fingerprint density at radius 2 is 1.90 bits per heavy atom. The van der Waals surface area contributed by atoms with E-state index in [0.717, 1.165) is 17.8 Å². The number of hydrogen-bond acceptors (Lipinski definition) is 8. The van der Waals surface area contributed by atoms with Crippen LogP contribution in [-0.2, 0) is 20.4 Å². The van der Waals surface area contributed by atoms with E-state index in [2.05, 4.69) is 9.97 Å². The molecule has 0 unspecified atom stereocenters. The molecule has 30 heavy (non-hydrogen) atoms. The molecule has 0 spiro atoms. The van der Waals surface area contributed by atoms with E-state index in [-0.39, 0.29) is 29.7 Å². The molecule has 3 heterocycles. The van der Waals surface area contributed by atoms with Gasteiger partial charge in [-0.2, -0.15) is 13.2 Å². The van der Waals surface area contributed by atoms with Gasteiger partial charge >= 0.3 is 6.18 Å². The monoisotopic (exact) mass is 442 g/mol. The van der Waals surface area contributed by atoms with E-state index >= 15 is 0 Å². The second-order valence-electron chi connectivity index (χ2n) is 6.66. The average molecular weight is 442 g/mol. The number of aromatic nitrogens is 2. The number of carbonyl (C=O) groups is 1. The summed E-state index contributed by atoms with van der Waals surface area (Å²) in [6.45, 7) is 0.204. The van der Waals surface area contributed by atoms with Crippen LogP contribution in [0.25, 0.3) is 11.3 Å². The Morgan fingerprint density at radius 1 is 1.13 bits per heavy atom. The van der Waals surface area contributed by atoms with E-state index in [9.17, 15) is 18.0 Å². The summed E-state index contributed by atoms with van der Waals surface area (Å²) >= 11 is 0.980. The van der Waals surface area contributed by atoms with Gasteiger partial charge in [0.25, 0.3) is 0 Å². The molecule has 2 fully saturated rings. The van der Waals surface area contributed by atoms with Crippen molar-refractivity contribution in [2.45, 2.75) is 35.4 Å². The van der Waals surface area contributed by atoms with E-state index in [1.165, 1.54) is 14.2 Å². The third-order valence-corrected chi connectivity index (χ3v) is 5.89. The van der Waals surface area contributed by atoms with Crippen molar-refractivity contribution >= 4 is 17.5 Å². The zero-order valence-corrected chi connectivity index (χ0v) is 16.7. The third-order valence-electron chi connectivity index (χ3n) is 4.72. The summed E-state index contributed by atoms with van der Waals surface area (Å²) in [6.07, 6.45) is -5.83. The van der Waals surface area contributed by atoms with Crippen molar-refractivity contribution in [2.75, 3.05) is 20.8 Å². The Balaban J connectivity index is 1.70. The van der Waals surface area contributed by atoms with Crippen LogP contribution in [0.5, 0.6) is 11.5 Å². The van der Waals surface area contributed by atoms with E-state index in [0.29, 0.717) is 17.1 Å². The number of thioether (sulfide) groups is 1. The van der Waals surface area contributed by atoms with E-state index in [4.69, 9.17) is 18.9 Å². The van der Waals surface area contributed by atoms with Crippen molar-refractivity contribution in [3.63, 3.8) is 0 Å². The van der Waals surface area contributed by atoms with Crippen LogP contribution in [0.1, 0.15) is 12.1 Å². The Bertz CT molecular complexity index is 972. The van der Waals surface area contributed by atoms with Crippen LogP contribution in [-0.4, -0.2) is 54.2 Å². The summed E-state index contributed by atoms with van der Waals surface area (Å²) in [5.41, 5.74) is -0.597. The molecule has 3 atom stereocenters.